The van der Waals surface area contributed by atoms with E-state index in [2.05, 4.69) is 12.2 Å². The van der Waals surface area contributed by atoms with Crippen molar-refractivity contribution in [2.45, 2.75) is 25.8 Å². The van der Waals surface area contributed by atoms with Crippen LogP contribution in [0.2, 0.25) is 0 Å². The van der Waals surface area contributed by atoms with E-state index < -0.39 is 0 Å². The SMILES string of the molecule is CCCNC(CCO)COc1cccc(F)c1. The van der Waals surface area contributed by atoms with Crippen LogP contribution in [0.25, 0.3) is 0 Å². The molecule has 96 valence electrons. The molecule has 0 bridgehead atoms. The van der Waals surface area contributed by atoms with Gasteiger partial charge < -0.3 is 15.2 Å². The molecule has 1 unspecified atom stereocenters. The molecule has 0 fully saturated rings. The second-order valence-corrected chi connectivity index (χ2v) is 3.93. The van der Waals surface area contributed by atoms with E-state index in [4.69, 9.17) is 9.84 Å². The summed E-state index contributed by atoms with van der Waals surface area (Å²) < 4.78 is 18.4. The highest BCUT2D eigenvalue weighted by Gasteiger charge is 2.08. The molecule has 0 saturated heterocycles. The number of nitrogens with one attached hydrogen (secondary N) is 1. The molecule has 0 aliphatic rings. The maximum Gasteiger partial charge on any atom is 0.126 e. The third kappa shape index (κ3) is 5.65. The predicted octanol–water partition coefficient (Wildman–Crippen LogP) is 1.96. The van der Waals surface area contributed by atoms with Crippen LogP contribution in [0.4, 0.5) is 4.39 Å². The number of hydrogen-bond acceptors (Lipinski definition) is 3. The van der Waals surface area contributed by atoms with E-state index >= 15 is 0 Å². The number of rotatable bonds is 8. The van der Waals surface area contributed by atoms with Crippen LogP contribution < -0.4 is 10.1 Å². The van der Waals surface area contributed by atoms with Gasteiger partial charge in [-0.1, -0.05) is 13.0 Å². The van der Waals surface area contributed by atoms with Crippen LogP contribution in [0.15, 0.2) is 24.3 Å². The molecule has 1 aromatic rings. The van der Waals surface area contributed by atoms with E-state index in [0.29, 0.717) is 18.8 Å². The van der Waals surface area contributed by atoms with Crippen molar-refractivity contribution in [3.63, 3.8) is 0 Å². The monoisotopic (exact) mass is 241 g/mol. The highest BCUT2D eigenvalue weighted by Crippen LogP contribution is 2.12. The molecular formula is C13H20FNO2. The molecule has 17 heavy (non-hydrogen) atoms. The van der Waals surface area contributed by atoms with Crippen molar-refractivity contribution in [3.05, 3.63) is 30.1 Å². The number of aliphatic hydroxyl groups excluding tert-OH is 1. The van der Waals surface area contributed by atoms with Gasteiger partial charge in [0.2, 0.25) is 0 Å². The summed E-state index contributed by atoms with van der Waals surface area (Å²) in [6.07, 6.45) is 1.66. The third-order valence-corrected chi connectivity index (χ3v) is 2.41. The molecule has 0 spiro atoms. The number of benzene rings is 1. The average Bonchev–Trinajstić information content (AvgIpc) is 2.33. The summed E-state index contributed by atoms with van der Waals surface area (Å²) >= 11 is 0. The Morgan fingerprint density at radius 3 is 2.94 bits per heavy atom. The molecule has 0 aliphatic heterocycles. The van der Waals surface area contributed by atoms with Crippen molar-refractivity contribution in [1.29, 1.82) is 0 Å². The molecule has 1 rings (SSSR count). The number of halogens is 1. The fraction of sp³-hybridized carbons (Fsp3) is 0.538. The molecule has 0 saturated carbocycles. The van der Waals surface area contributed by atoms with Crippen molar-refractivity contribution in [2.75, 3.05) is 19.8 Å². The predicted molar refractivity (Wildman–Crippen MR) is 65.7 cm³/mol. The minimum absolute atomic E-state index is 0.100. The quantitative estimate of drug-likeness (QED) is 0.731. The molecule has 0 aromatic heterocycles. The summed E-state index contributed by atoms with van der Waals surface area (Å²) in [5, 5.41) is 12.2. The lowest BCUT2D eigenvalue weighted by molar-refractivity contribution is 0.213. The van der Waals surface area contributed by atoms with Gasteiger partial charge in [-0.15, -0.1) is 0 Å². The summed E-state index contributed by atoms with van der Waals surface area (Å²) in [6.45, 7) is 3.52. The molecule has 0 amide bonds. The van der Waals surface area contributed by atoms with Gasteiger partial charge >= 0.3 is 0 Å². The summed E-state index contributed by atoms with van der Waals surface area (Å²) in [5.74, 6) is 0.217. The largest absolute Gasteiger partial charge is 0.492 e. The fourth-order valence-electron chi connectivity index (χ4n) is 1.50. The van der Waals surface area contributed by atoms with Gasteiger partial charge in [-0.25, -0.2) is 4.39 Å². The Hall–Kier alpha value is -1.13. The minimum Gasteiger partial charge on any atom is -0.492 e. The summed E-state index contributed by atoms with van der Waals surface area (Å²) in [5.41, 5.74) is 0. The third-order valence-electron chi connectivity index (χ3n) is 2.41. The lowest BCUT2D eigenvalue weighted by Crippen LogP contribution is -2.36. The van der Waals surface area contributed by atoms with E-state index in [0.717, 1.165) is 13.0 Å². The minimum atomic E-state index is -0.303. The molecule has 1 atom stereocenters. The fourth-order valence-corrected chi connectivity index (χ4v) is 1.50. The maximum atomic E-state index is 12.9. The Labute approximate surface area is 102 Å². The van der Waals surface area contributed by atoms with Gasteiger partial charge in [-0.2, -0.15) is 0 Å². The van der Waals surface area contributed by atoms with Gasteiger partial charge in [0.15, 0.2) is 0 Å². The van der Waals surface area contributed by atoms with E-state index in [1.54, 1.807) is 12.1 Å². The van der Waals surface area contributed by atoms with Crippen molar-refractivity contribution in [2.24, 2.45) is 0 Å². The first-order chi connectivity index (χ1) is 8.26. The van der Waals surface area contributed by atoms with Crippen LogP contribution in [0.5, 0.6) is 5.75 Å². The van der Waals surface area contributed by atoms with Crippen molar-refractivity contribution < 1.29 is 14.2 Å². The molecule has 1 aromatic carbocycles. The van der Waals surface area contributed by atoms with Crippen molar-refractivity contribution in [1.82, 2.24) is 5.32 Å². The number of hydrogen-bond donors (Lipinski definition) is 2. The second-order valence-electron chi connectivity index (χ2n) is 3.93. The zero-order valence-electron chi connectivity index (χ0n) is 10.2. The second kappa shape index (κ2) is 8.03. The number of ether oxygens (including phenoxy) is 1. The van der Waals surface area contributed by atoms with Gasteiger partial charge in [0, 0.05) is 18.7 Å². The van der Waals surface area contributed by atoms with Crippen molar-refractivity contribution in [3.8, 4) is 5.75 Å². The first-order valence-electron chi connectivity index (χ1n) is 5.99. The van der Waals surface area contributed by atoms with Gasteiger partial charge in [0.05, 0.1) is 0 Å². The van der Waals surface area contributed by atoms with Gasteiger partial charge in [0.1, 0.15) is 18.2 Å². The van der Waals surface area contributed by atoms with E-state index in [1.165, 1.54) is 12.1 Å². The van der Waals surface area contributed by atoms with Crippen LogP contribution in [0.1, 0.15) is 19.8 Å². The van der Waals surface area contributed by atoms with E-state index in [1.807, 2.05) is 0 Å². The van der Waals surface area contributed by atoms with E-state index in [-0.39, 0.29) is 18.5 Å². The summed E-state index contributed by atoms with van der Waals surface area (Å²) in [7, 11) is 0. The Morgan fingerprint density at radius 1 is 1.47 bits per heavy atom. The smallest absolute Gasteiger partial charge is 0.126 e. The van der Waals surface area contributed by atoms with E-state index in [9.17, 15) is 4.39 Å². The summed E-state index contributed by atoms with van der Waals surface area (Å²) in [6, 6.07) is 6.18. The standard InChI is InChI=1S/C13H20FNO2/c1-2-7-15-12(6-8-16)10-17-13-5-3-4-11(14)9-13/h3-5,9,12,15-16H,2,6-8,10H2,1H3. The number of aliphatic hydroxyl groups is 1. The van der Waals surface area contributed by atoms with Gasteiger partial charge in [-0.3, -0.25) is 0 Å². The zero-order chi connectivity index (χ0) is 12.5. The normalized spacial score (nSPS) is 12.4. The van der Waals surface area contributed by atoms with Crippen LogP contribution in [-0.2, 0) is 0 Å². The van der Waals surface area contributed by atoms with Crippen LogP contribution in [0.3, 0.4) is 0 Å². The molecule has 4 heteroatoms. The van der Waals surface area contributed by atoms with Crippen LogP contribution in [-0.4, -0.2) is 30.9 Å². The van der Waals surface area contributed by atoms with Crippen LogP contribution >= 0.6 is 0 Å². The lowest BCUT2D eigenvalue weighted by Gasteiger charge is -2.18. The van der Waals surface area contributed by atoms with Gasteiger partial charge in [0.25, 0.3) is 0 Å². The Bertz CT molecular complexity index is 320. The maximum absolute atomic E-state index is 12.9. The highest BCUT2D eigenvalue weighted by atomic mass is 19.1. The molecule has 0 heterocycles. The first-order valence-corrected chi connectivity index (χ1v) is 5.99. The molecule has 0 radical (unpaired) electrons. The Morgan fingerprint density at radius 2 is 2.29 bits per heavy atom. The zero-order valence-corrected chi connectivity index (χ0v) is 10.2. The summed E-state index contributed by atoms with van der Waals surface area (Å²) in [4.78, 5) is 0. The Kier molecular flexibility index (Phi) is 6.58. The molecule has 0 aliphatic carbocycles. The topological polar surface area (TPSA) is 41.5 Å². The lowest BCUT2D eigenvalue weighted by atomic mass is 10.2. The van der Waals surface area contributed by atoms with Crippen LogP contribution in [0, 0.1) is 5.82 Å². The highest BCUT2D eigenvalue weighted by molar-refractivity contribution is 5.22. The van der Waals surface area contributed by atoms with Crippen molar-refractivity contribution >= 4 is 0 Å². The van der Waals surface area contributed by atoms with Gasteiger partial charge in [-0.05, 0) is 31.5 Å². The molecule has 3 nitrogen and oxygen atoms in total. The molecule has 2 N–H and O–H groups in total. The molecular weight excluding hydrogens is 221 g/mol. The average molecular weight is 241 g/mol. The first kappa shape index (κ1) is 13.9. The Balaban J connectivity index is 2.39.